The first-order valence-electron chi connectivity index (χ1n) is 6.46. The summed E-state index contributed by atoms with van der Waals surface area (Å²) in [5, 5.41) is 15.3. The Balaban J connectivity index is 1.92. The van der Waals surface area contributed by atoms with E-state index in [1.54, 1.807) is 7.11 Å². The van der Waals surface area contributed by atoms with Gasteiger partial charge in [0, 0.05) is 6.54 Å². The molecular weight excluding hydrogens is 244 g/mol. The molecule has 3 N–H and O–H groups in total. The summed E-state index contributed by atoms with van der Waals surface area (Å²) in [7, 11) is 1.62. The lowest BCUT2D eigenvalue weighted by Crippen LogP contribution is -2.41. The topological polar surface area (TPSA) is 70.6 Å². The maximum absolute atomic E-state index is 12.0. The van der Waals surface area contributed by atoms with Crippen LogP contribution < -0.4 is 15.4 Å². The first kappa shape index (κ1) is 13.8. The van der Waals surface area contributed by atoms with Crippen LogP contribution in [0.2, 0.25) is 0 Å². The molecule has 3 atom stereocenters. The van der Waals surface area contributed by atoms with E-state index >= 15 is 0 Å². The number of rotatable bonds is 4. The van der Waals surface area contributed by atoms with E-state index < -0.39 is 6.10 Å². The largest absolute Gasteiger partial charge is 0.497 e. The summed E-state index contributed by atoms with van der Waals surface area (Å²) in [5.41, 5.74) is 1.02. The third kappa shape index (κ3) is 3.45. The molecule has 0 bridgehead atoms. The lowest BCUT2D eigenvalue weighted by atomic mass is 10.1. The summed E-state index contributed by atoms with van der Waals surface area (Å²) in [6.45, 7) is 2.42. The van der Waals surface area contributed by atoms with E-state index in [9.17, 15) is 9.90 Å². The van der Waals surface area contributed by atoms with E-state index in [-0.39, 0.29) is 18.0 Å². The van der Waals surface area contributed by atoms with Crippen molar-refractivity contribution in [3.05, 3.63) is 29.8 Å². The number of β-amino-alcohol motifs (C(OH)–C–C–N with tert-alkyl or cyclic N) is 1. The van der Waals surface area contributed by atoms with Crippen molar-refractivity contribution >= 4 is 5.91 Å². The Morgan fingerprint density at radius 1 is 1.47 bits per heavy atom. The highest BCUT2D eigenvalue weighted by molar-refractivity contribution is 5.82. The molecule has 19 heavy (non-hydrogen) atoms. The fraction of sp³-hybridized carbons (Fsp3) is 0.500. The van der Waals surface area contributed by atoms with Crippen molar-refractivity contribution in [3.8, 4) is 5.75 Å². The highest BCUT2D eigenvalue weighted by atomic mass is 16.5. The number of nitrogens with one attached hydrogen (secondary N) is 2. The molecule has 1 amide bonds. The number of carbonyl (C=O) groups excluding carboxylic acids is 1. The standard InChI is InChI=1S/C14H20N2O3/c1-9(10-3-5-12(19-2)6-4-10)16-14(18)13-7-11(17)8-15-13/h3-6,9,11,13,15,17H,7-8H2,1-2H3,(H,16,18)/t9-,11?,13?/m1/s1. The quantitative estimate of drug-likeness (QED) is 0.744. The van der Waals surface area contributed by atoms with Gasteiger partial charge in [0.25, 0.3) is 0 Å². The van der Waals surface area contributed by atoms with Gasteiger partial charge in [-0.1, -0.05) is 12.1 Å². The van der Waals surface area contributed by atoms with Gasteiger partial charge in [-0.25, -0.2) is 0 Å². The molecule has 0 aliphatic carbocycles. The fourth-order valence-corrected chi connectivity index (χ4v) is 2.21. The van der Waals surface area contributed by atoms with Crippen LogP contribution in [0.15, 0.2) is 24.3 Å². The molecule has 5 nitrogen and oxygen atoms in total. The lowest BCUT2D eigenvalue weighted by Gasteiger charge is -2.17. The van der Waals surface area contributed by atoms with Gasteiger partial charge in [-0.3, -0.25) is 4.79 Å². The van der Waals surface area contributed by atoms with E-state index in [1.165, 1.54) is 0 Å². The number of aliphatic hydroxyl groups is 1. The van der Waals surface area contributed by atoms with Crippen LogP contribution in [0.1, 0.15) is 24.9 Å². The Morgan fingerprint density at radius 3 is 2.68 bits per heavy atom. The van der Waals surface area contributed by atoms with Gasteiger partial charge in [0.1, 0.15) is 5.75 Å². The normalized spacial score (nSPS) is 23.9. The van der Waals surface area contributed by atoms with Crippen LogP contribution in [0, 0.1) is 0 Å². The molecule has 1 aromatic rings. The number of carbonyl (C=O) groups is 1. The first-order valence-corrected chi connectivity index (χ1v) is 6.46. The molecule has 0 aromatic heterocycles. The molecule has 1 aromatic carbocycles. The van der Waals surface area contributed by atoms with Crippen molar-refractivity contribution in [2.24, 2.45) is 0 Å². The van der Waals surface area contributed by atoms with Gasteiger partial charge in [-0.2, -0.15) is 0 Å². The van der Waals surface area contributed by atoms with E-state index in [2.05, 4.69) is 10.6 Å². The molecule has 1 heterocycles. The van der Waals surface area contributed by atoms with Gasteiger partial charge < -0.3 is 20.5 Å². The molecule has 1 saturated heterocycles. The van der Waals surface area contributed by atoms with Crippen molar-refractivity contribution in [2.75, 3.05) is 13.7 Å². The number of amides is 1. The van der Waals surface area contributed by atoms with Crippen LogP contribution in [0.3, 0.4) is 0 Å². The SMILES string of the molecule is COc1ccc([C@@H](C)NC(=O)C2CC(O)CN2)cc1. The lowest BCUT2D eigenvalue weighted by molar-refractivity contribution is -0.123. The third-order valence-corrected chi connectivity index (χ3v) is 3.40. The molecule has 5 heteroatoms. The molecule has 0 spiro atoms. The molecule has 0 radical (unpaired) electrons. The molecule has 1 aliphatic rings. The number of hydrogen-bond donors (Lipinski definition) is 3. The maximum Gasteiger partial charge on any atom is 0.237 e. The number of methoxy groups -OCH3 is 1. The van der Waals surface area contributed by atoms with Crippen molar-refractivity contribution < 1.29 is 14.6 Å². The number of ether oxygens (including phenoxy) is 1. The van der Waals surface area contributed by atoms with Crippen LogP contribution >= 0.6 is 0 Å². The maximum atomic E-state index is 12.0. The van der Waals surface area contributed by atoms with Gasteiger partial charge in [-0.05, 0) is 31.0 Å². The van der Waals surface area contributed by atoms with E-state index in [4.69, 9.17) is 4.74 Å². The highest BCUT2D eigenvalue weighted by Crippen LogP contribution is 2.17. The summed E-state index contributed by atoms with van der Waals surface area (Å²) in [6.07, 6.45) is 0.0493. The molecule has 0 saturated carbocycles. The molecule has 1 aliphatic heterocycles. The zero-order chi connectivity index (χ0) is 13.8. The van der Waals surface area contributed by atoms with Gasteiger partial charge in [-0.15, -0.1) is 0 Å². The second kappa shape index (κ2) is 6.04. The summed E-state index contributed by atoms with van der Waals surface area (Å²) in [4.78, 5) is 12.0. The Labute approximate surface area is 113 Å². The summed E-state index contributed by atoms with van der Waals surface area (Å²) in [5.74, 6) is 0.725. The smallest absolute Gasteiger partial charge is 0.237 e. The number of aliphatic hydroxyl groups excluding tert-OH is 1. The minimum Gasteiger partial charge on any atom is -0.497 e. The van der Waals surface area contributed by atoms with E-state index in [1.807, 2.05) is 31.2 Å². The van der Waals surface area contributed by atoms with E-state index in [0.29, 0.717) is 13.0 Å². The molecule has 2 rings (SSSR count). The highest BCUT2D eigenvalue weighted by Gasteiger charge is 2.28. The molecule has 104 valence electrons. The van der Waals surface area contributed by atoms with Gasteiger partial charge in [0.05, 0.1) is 25.3 Å². The zero-order valence-corrected chi connectivity index (χ0v) is 11.2. The second-order valence-corrected chi connectivity index (χ2v) is 4.85. The minimum absolute atomic E-state index is 0.0696. The predicted molar refractivity (Wildman–Crippen MR) is 72.0 cm³/mol. The Morgan fingerprint density at radius 2 is 2.16 bits per heavy atom. The average molecular weight is 264 g/mol. The number of hydrogen-bond acceptors (Lipinski definition) is 4. The van der Waals surface area contributed by atoms with Crippen LogP contribution in [-0.2, 0) is 4.79 Å². The summed E-state index contributed by atoms with van der Waals surface area (Å²) < 4.78 is 5.10. The predicted octanol–water partition coefficient (Wildman–Crippen LogP) is 0.595. The summed E-state index contributed by atoms with van der Waals surface area (Å²) in [6, 6.07) is 7.24. The molecular formula is C14H20N2O3. The minimum atomic E-state index is -0.424. The summed E-state index contributed by atoms with van der Waals surface area (Å²) >= 11 is 0. The van der Waals surface area contributed by atoms with Crippen molar-refractivity contribution in [1.29, 1.82) is 0 Å². The van der Waals surface area contributed by atoms with Crippen LogP contribution in [-0.4, -0.2) is 36.8 Å². The Hall–Kier alpha value is -1.59. The van der Waals surface area contributed by atoms with Gasteiger partial charge in [0.2, 0.25) is 5.91 Å². The second-order valence-electron chi connectivity index (χ2n) is 4.85. The monoisotopic (exact) mass is 264 g/mol. The Kier molecular flexibility index (Phi) is 4.39. The van der Waals surface area contributed by atoms with Crippen LogP contribution in [0.4, 0.5) is 0 Å². The third-order valence-electron chi connectivity index (χ3n) is 3.40. The van der Waals surface area contributed by atoms with Crippen molar-refractivity contribution in [3.63, 3.8) is 0 Å². The van der Waals surface area contributed by atoms with Crippen LogP contribution in [0.5, 0.6) is 5.75 Å². The van der Waals surface area contributed by atoms with Gasteiger partial charge >= 0.3 is 0 Å². The number of benzene rings is 1. The molecule has 1 fully saturated rings. The first-order chi connectivity index (χ1) is 9.10. The fourth-order valence-electron chi connectivity index (χ4n) is 2.21. The Bertz CT molecular complexity index is 433. The van der Waals surface area contributed by atoms with Crippen LogP contribution in [0.25, 0.3) is 0 Å². The molecule has 2 unspecified atom stereocenters. The van der Waals surface area contributed by atoms with Crippen molar-refractivity contribution in [2.45, 2.75) is 31.5 Å². The van der Waals surface area contributed by atoms with Crippen molar-refractivity contribution in [1.82, 2.24) is 10.6 Å². The van der Waals surface area contributed by atoms with E-state index in [0.717, 1.165) is 11.3 Å². The van der Waals surface area contributed by atoms with Gasteiger partial charge in [0.15, 0.2) is 0 Å². The zero-order valence-electron chi connectivity index (χ0n) is 11.2. The average Bonchev–Trinajstić information content (AvgIpc) is 2.85.